The van der Waals surface area contributed by atoms with E-state index in [4.69, 9.17) is 4.42 Å². The number of thiophene rings is 1. The second-order valence-corrected chi connectivity index (χ2v) is 5.63. The largest absolute Gasteiger partial charge is 0.469 e. The van der Waals surface area contributed by atoms with E-state index in [1.165, 1.54) is 4.88 Å². The van der Waals surface area contributed by atoms with E-state index in [9.17, 15) is 0 Å². The molecule has 1 N–H and O–H groups in total. The fourth-order valence-corrected chi connectivity index (χ4v) is 2.96. The number of fused-ring (bicyclic) bond motifs is 1. The van der Waals surface area contributed by atoms with Gasteiger partial charge in [0.05, 0.1) is 17.2 Å². The molecule has 0 aliphatic carbocycles. The Labute approximate surface area is 115 Å². The van der Waals surface area contributed by atoms with Gasteiger partial charge in [-0.25, -0.2) is 9.97 Å². The van der Waals surface area contributed by atoms with Crippen molar-refractivity contribution in [3.05, 3.63) is 29.0 Å². The quantitative estimate of drug-likeness (QED) is 0.783. The Morgan fingerprint density at radius 1 is 1.32 bits per heavy atom. The van der Waals surface area contributed by atoms with Crippen LogP contribution in [-0.2, 0) is 0 Å². The van der Waals surface area contributed by atoms with E-state index >= 15 is 0 Å². The third-order valence-corrected chi connectivity index (χ3v) is 3.90. The minimum atomic E-state index is 0.719. The molecule has 0 saturated heterocycles. The van der Waals surface area contributed by atoms with Crippen LogP contribution in [0.1, 0.15) is 17.6 Å². The van der Waals surface area contributed by atoms with E-state index in [-0.39, 0.29) is 0 Å². The second-order valence-electron chi connectivity index (χ2n) is 4.39. The van der Waals surface area contributed by atoms with Crippen LogP contribution in [0, 0.1) is 13.8 Å². The molecule has 5 heteroatoms. The average molecular weight is 273 g/mol. The lowest BCUT2D eigenvalue weighted by atomic mass is 10.2. The first-order chi connectivity index (χ1) is 9.19. The summed E-state index contributed by atoms with van der Waals surface area (Å²) in [7, 11) is 0. The van der Waals surface area contributed by atoms with Crippen molar-refractivity contribution < 1.29 is 4.42 Å². The van der Waals surface area contributed by atoms with Crippen molar-refractivity contribution in [1.82, 2.24) is 9.97 Å². The zero-order valence-corrected chi connectivity index (χ0v) is 12.0. The first kappa shape index (κ1) is 12.2. The molecule has 0 radical (unpaired) electrons. The summed E-state index contributed by atoms with van der Waals surface area (Å²) in [5, 5.41) is 4.40. The molecular formula is C14H15N3OS. The van der Waals surface area contributed by atoms with E-state index in [1.54, 1.807) is 17.6 Å². The topological polar surface area (TPSA) is 51.0 Å². The van der Waals surface area contributed by atoms with E-state index < -0.39 is 0 Å². The number of hydrogen-bond donors (Lipinski definition) is 1. The van der Waals surface area contributed by atoms with Gasteiger partial charge in [-0.1, -0.05) is 0 Å². The van der Waals surface area contributed by atoms with Crippen molar-refractivity contribution >= 4 is 27.4 Å². The molecule has 4 nitrogen and oxygen atoms in total. The van der Waals surface area contributed by atoms with Crippen molar-refractivity contribution in [3.63, 3.8) is 0 Å². The zero-order valence-electron chi connectivity index (χ0n) is 11.2. The summed E-state index contributed by atoms with van der Waals surface area (Å²) in [6.07, 6.45) is 1.67. The van der Waals surface area contributed by atoms with Crippen molar-refractivity contribution in [2.24, 2.45) is 0 Å². The van der Waals surface area contributed by atoms with Crippen LogP contribution in [0.4, 0.5) is 5.82 Å². The highest BCUT2D eigenvalue weighted by molar-refractivity contribution is 7.18. The van der Waals surface area contributed by atoms with Crippen LogP contribution in [0.25, 0.3) is 21.6 Å². The maximum atomic E-state index is 5.34. The highest BCUT2D eigenvalue weighted by Gasteiger charge is 2.14. The molecule has 3 rings (SSSR count). The molecule has 19 heavy (non-hydrogen) atoms. The number of nitrogens with zero attached hydrogens (tertiary/aromatic N) is 2. The number of anilines is 1. The summed E-state index contributed by atoms with van der Waals surface area (Å²) in [5.74, 6) is 2.46. The smallest absolute Gasteiger partial charge is 0.166 e. The number of furan rings is 1. The van der Waals surface area contributed by atoms with Crippen LogP contribution in [0.15, 0.2) is 22.8 Å². The van der Waals surface area contributed by atoms with Crippen molar-refractivity contribution in [3.8, 4) is 11.4 Å². The number of nitrogens with one attached hydrogen (secondary N) is 1. The minimum Gasteiger partial charge on any atom is -0.469 e. The van der Waals surface area contributed by atoms with Gasteiger partial charge in [0.2, 0.25) is 0 Å². The number of aromatic nitrogens is 2. The predicted octanol–water partition coefficient (Wildman–Crippen LogP) is 4.00. The summed E-state index contributed by atoms with van der Waals surface area (Å²) in [6.45, 7) is 6.92. The number of rotatable bonds is 3. The lowest BCUT2D eigenvalue weighted by molar-refractivity contribution is 0.535. The standard InChI is InChI=1S/C14H15N3OS/c1-4-15-12-11-7-8(2)19-14(11)17-13(16-12)10-5-6-18-9(10)3/h5-7H,4H2,1-3H3,(H,15,16,17). The third-order valence-electron chi connectivity index (χ3n) is 2.96. The van der Waals surface area contributed by atoms with Gasteiger partial charge < -0.3 is 9.73 Å². The Bertz CT molecular complexity index is 729. The lowest BCUT2D eigenvalue weighted by Crippen LogP contribution is -2.01. The predicted molar refractivity (Wildman–Crippen MR) is 78.8 cm³/mol. The summed E-state index contributed by atoms with van der Waals surface area (Å²) in [6, 6.07) is 4.04. The molecule has 0 unspecified atom stereocenters. The van der Waals surface area contributed by atoms with Gasteiger partial charge in [-0.3, -0.25) is 0 Å². The maximum Gasteiger partial charge on any atom is 0.166 e. The Hall–Kier alpha value is -1.88. The first-order valence-corrected chi connectivity index (χ1v) is 7.07. The third kappa shape index (κ3) is 2.10. The summed E-state index contributed by atoms with van der Waals surface area (Å²) in [4.78, 5) is 11.5. The summed E-state index contributed by atoms with van der Waals surface area (Å²) >= 11 is 1.69. The molecule has 0 fully saturated rings. The average Bonchev–Trinajstić information content (AvgIpc) is 2.94. The molecule has 0 aliphatic heterocycles. The molecular weight excluding hydrogens is 258 g/mol. The van der Waals surface area contributed by atoms with E-state index in [0.29, 0.717) is 0 Å². The Morgan fingerprint density at radius 3 is 2.84 bits per heavy atom. The van der Waals surface area contributed by atoms with Gasteiger partial charge in [-0.05, 0) is 32.9 Å². The minimum absolute atomic E-state index is 0.719. The molecule has 0 saturated carbocycles. The van der Waals surface area contributed by atoms with E-state index in [2.05, 4.69) is 35.2 Å². The van der Waals surface area contributed by atoms with Gasteiger partial charge in [0, 0.05) is 11.4 Å². The van der Waals surface area contributed by atoms with Gasteiger partial charge >= 0.3 is 0 Å². The van der Waals surface area contributed by atoms with Gasteiger partial charge in [-0.2, -0.15) is 0 Å². The second kappa shape index (κ2) is 4.66. The Kier molecular flexibility index (Phi) is 2.98. The lowest BCUT2D eigenvalue weighted by Gasteiger charge is -2.06. The van der Waals surface area contributed by atoms with Crippen LogP contribution in [0.5, 0.6) is 0 Å². The fourth-order valence-electron chi connectivity index (χ4n) is 2.08. The monoisotopic (exact) mass is 273 g/mol. The van der Waals surface area contributed by atoms with Gasteiger partial charge in [0.25, 0.3) is 0 Å². The Balaban J connectivity index is 2.24. The molecule has 0 amide bonds. The van der Waals surface area contributed by atoms with Crippen LogP contribution in [0.2, 0.25) is 0 Å². The van der Waals surface area contributed by atoms with Gasteiger partial charge in [0.1, 0.15) is 16.4 Å². The fraction of sp³-hybridized carbons (Fsp3) is 0.286. The van der Waals surface area contributed by atoms with E-state index in [0.717, 1.165) is 39.7 Å². The van der Waals surface area contributed by atoms with Crippen molar-refractivity contribution in [1.29, 1.82) is 0 Å². The highest BCUT2D eigenvalue weighted by atomic mass is 32.1. The summed E-state index contributed by atoms with van der Waals surface area (Å²) in [5.41, 5.74) is 0.951. The molecule has 3 aromatic heterocycles. The highest BCUT2D eigenvalue weighted by Crippen LogP contribution is 2.31. The normalized spacial score (nSPS) is 11.1. The molecule has 3 aromatic rings. The van der Waals surface area contributed by atoms with Gasteiger partial charge in [0.15, 0.2) is 5.82 Å². The number of hydrogen-bond acceptors (Lipinski definition) is 5. The van der Waals surface area contributed by atoms with Gasteiger partial charge in [-0.15, -0.1) is 11.3 Å². The molecule has 0 aliphatic rings. The first-order valence-electron chi connectivity index (χ1n) is 6.25. The van der Waals surface area contributed by atoms with Crippen LogP contribution >= 0.6 is 11.3 Å². The van der Waals surface area contributed by atoms with Crippen LogP contribution < -0.4 is 5.32 Å². The number of aryl methyl sites for hydroxylation is 2. The molecule has 3 heterocycles. The van der Waals surface area contributed by atoms with Crippen LogP contribution in [-0.4, -0.2) is 16.5 Å². The van der Waals surface area contributed by atoms with Crippen molar-refractivity contribution in [2.75, 3.05) is 11.9 Å². The Morgan fingerprint density at radius 2 is 2.16 bits per heavy atom. The van der Waals surface area contributed by atoms with Crippen LogP contribution in [0.3, 0.4) is 0 Å². The van der Waals surface area contributed by atoms with Crippen molar-refractivity contribution in [2.45, 2.75) is 20.8 Å². The maximum absolute atomic E-state index is 5.34. The SMILES string of the molecule is CCNc1nc(-c2ccoc2C)nc2sc(C)cc12. The molecule has 98 valence electrons. The zero-order chi connectivity index (χ0) is 13.4. The molecule has 0 atom stereocenters. The molecule has 0 spiro atoms. The summed E-state index contributed by atoms with van der Waals surface area (Å²) < 4.78 is 5.34. The van der Waals surface area contributed by atoms with E-state index in [1.807, 2.05) is 13.0 Å². The molecule has 0 aromatic carbocycles. The molecule has 0 bridgehead atoms.